The number of methoxy groups -OCH3 is 4. The molecule has 2 aromatic carbocycles. The molecule has 1 saturated heterocycles. The first kappa shape index (κ1) is 23.3. The predicted molar refractivity (Wildman–Crippen MR) is 127 cm³/mol. The zero-order valence-corrected chi connectivity index (χ0v) is 20.0. The number of nitrogens with one attached hydrogen (secondary N) is 1. The van der Waals surface area contributed by atoms with Crippen molar-refractivity contribution in [2.75, 3.05) is 45.2 Å². The van der Waals surface area contributed by atoms with Crippen LogP contribution in [0.25, 0.3) is 0 Å². The van der Waals surface area contributed by atoms with Gasteiger partial charge in [-0.1, -0.05) is 11.3 Å². The maximum absolute atomic E-state index is 12.8. The molecule has 1 aromatic heterocycles. The van der Waals surface area contributed by atoms with Crippen molar-refractivity contribution in [2.24, 2.45) is 0 Å². The summed E-state index contributed by atoms with van der Waals surface area (Å²) in [5.41, 5.74) is 1.11. The topological polar surface area (TPSA) is 112 Å². The molecule has 0 aliphatic carbocycles. The molecule has 1 fully saturated rings. The zero-order valence-electron chi connectivity index (χ0n) is 19.2. The van der Waals surface area contributed by atoms with Crippen LogP contribution in [0.5, 0.6) is 23.0 Å². The van der Waals surface area contributed by atoms with E-state index in [1.165, 1.54) is 32.7 Å². The summed E-state index contributed by atoms with van der Waals surface area (Å²) in [5, 5.41) is 12.1. The van der Waals surface area contributed by atoms with Crippen molar-refractivity contribution < 1.29 is 28.5 Å². The fourth-order valence-electron chi connectivity index (χ4n) is 3.72. The molecular weight excluding hydrogens is 460 g/mol. The number of hydrogen-bond donors (Lipinski definition) is 1. The average molecular weight is 485 g/mol. The van der Waals surface area contributed by atoms with Gasteiger partial charge < -0.3 is 23.8 Å². The fourth-order valence-corrected chi connectivity index (χ4v) is 4.55. The maximum Gasteiger partial charge on any atom is 0.257 e. The Morgan fingerprint density at radius 1 is 1.00 bits per heavy atom. The maximum atomic E-state index is 12.8. The Morgan fingerprint density at radius 2 is 1.68 bits per heavy atom. The number of rotatable bonds is 8. The van der Waals surface area contributed by atoms with Gasteiger partial charge in [0.1, 0.15) is 10.8 Å². The van der Waals surface area contributed by atoms with E-state index >= 15 is 0 Å². The highest BCUT2D eigenvalue weighted by atomic mass is 32.1. The number of nitrogens with zero attached hydrogens (tertiary/aromatic N) is 3. The zero-order chi connectivity index (χ0) is 24.2. The predicted octanol–water partition coefficient (Wildman–Crippen LogP) is 3.35. The van der Waals surface area contributed by atoms with E-state index in [-0.39, 0.29) is 11.8 Å². The van der Waals surface area contributed by atoms with Crippen molar-refractivity contribution in [1.82, 2.24) is 10.2 Å². The first-order valence-corrected chi connectivity index (χ1v) is 11.2. The molecule has 1 N–H and O–H groups in total. The van der Waals surface area contributed by atoms with Crippen molar-refractivity contribution >= 4 is 34.0 Å². The van der Waals surface area contributed by atoms with Gasteiger partial charge >= 0.3 is 0 Å². The van der Waals surface area contributed by atoms with Crippen molar-refractivity contribution in [2.45, 2.75) is 12.3 Å². The molecule has 1 aliphatic heterocycles. The van der Waals surface area contributed by atoms with Gasteiger partial charge in [-0.15, -0.1) is 10.2 Å². The molecule has 11 heteroatoms. The SMILES string of the molecule is COc1ccc(N2CC(c3nnc(NC(=O)c4cc(OC)c(OC)c(OC)c4)s3)CC2=O)cc1. The van der Waals surface area contributed by atoms with Crippen LogP contribution in [-0.4, -0.2) is 57.0 Å². The molecule has 34 heavy (non-hydrogen) atoms. The number of carbonyl (C=O) groups is 2. The Balaban J connectivity index is 1.46. The summed E-state index contributed by atoms with van der Waals surface area (Å²) in [6.07, 6.45) is 0.321. The number of anilines is 2. The van der Waals surface area contributed by atoms with Crippen molar-refractivity contribution in [3.63, 3.8) is 0 Å². The lowest BCUT2D eigenvalue weighted by Crippen LogP contribution is -2.24. The van der Waals surface area contributed by atoms with E-state index in [9.17, 15) is 9.59 Å². The third-order valence-electron chi connectivity index (χ3n) is 5.45. The third-order valence-corrected chi connectivity index (χ3v) is 6.45. The van der Waals surface area contributed by atoms with E-state index in [4.69, 9.17) is 18.9 Å². The Labute approximate surface area is 200 Å². The van der Waals surface area contributed by atoms with Crippen LogP contribution in [0.1, 0.15) is 27.7 Å². The number of carbonyl (C=O) groups excluding carboxylic acids is 2. The highest BCUT2D eigenvalue weighted by molar-refractivity contribution is 7.15. The van der Waals surface area contributed by atoms with Gasteiger partial charge in [-0.2, -0.15) is 0 Å². The molecule has 2 amide bonds. The molecule has 4 rings (SSSR count). The largest absolute Gasteiger partial charge is 0.497 e. The van der Waals surface area contributed by atoms with Crippen molar-refractivity contribution in [1.29, 1.82) is 0 Å². The Bertz CT molecular complexity index is 1170. The summed E-state index contributed by atoms with van der Waals surface area (Å²) in [5.74, 6) is 1.35. The van der Waals surface area contributed by atoms with E-state index < -0.39 is 5.91 Å². The Kier molecular flexibility index (Phi) is 6.82. The standard InChI is InChI=1S/C23H24N4O6S/c1-30-16-7-5-15(6-8-16)27-12-14(11-19(27)28)22-25-26-23(34-22)24-21(29)13-9-17(31-2)20(33-4)18(10-13)32-3/h5-10,14H,11-12H2,1-4H3,(H,24,26,29). The second kappa shape index (κ2) is 9.96. The van der Waals surface area contributed by atoms with Gasteiger partial charge in [-0.05, 0) is 36.4 Å². The van der Waals surface area contributed by atoms with E-state index in [0.29, 0.717) is 45.9 Å². The molecule has 1 unspecified atom stereocenters. The van der Waals surface area contributed by atoms with E-state index in [0.717, 1.165) is 11.4 Å². The molecule has 10 nitrogen and oxygen atoms in total. The van der Waals surface area contributed by atoms with Crippen molar-refractivity contribution in [3.8, 4) is 23.0 Å². The lowest BCUT2D eigenvalue weighted by Gasteiger charge is -2.16. The summed E-state index contributed by atoms with van der Waals surface area (Å²) in [6.45, 7) is 0.487. The van der Waals surface area contributed by atoms with Crippen LogP contribution < -0.4 is 29.2 Å². The number of hydrogen-bond acceptors (Lipinski definition) is 9. The minimum Gasteiger partial charge on any atom is -0.497 e. The number of ether oxygens (including phenoxy) is 4. The molecular formula is C23H24N4O6S. The minimum atomic E-state index is -0.399. The van der Waals surface area contributed by atoms with Gasteiger partial charge in [0.15, 0.2) is 11.5 Å². The van der Waals surface area contributed by atoms with Crippen LogP contribution >= 0.6 is 11.3 Å². The lowest BCUT2D eigenvalue weighted by molar-refractivity contribution is -0.117. The number of amides is 2. The van der Waals surface area contributed by atoms with Crippen LogP contribution in [0.15, 0.2) is 36.4 Å². The molecule has 3 aromatic rings. The van der Waals surface area contributed by atoms with Gasteiger partial charge in [0.05, 0.1) is 28.4 Å². The van der Waals surface area contributed by atoms with Crippen LogP contribution in [0, 0.1) is 0 Å². The highest BCUT2D eigenvalue weighted by Gasteiger charge is 2.34. The quantitative estimate of drug-likeness (QED) is 0.518. The van der Waals surface area contributed by atoms with E-state index in [1.807, 2.05) is 24.3 Å². The van der Waals surface area contributed by atoms with Gasteiger partial charge in [0, 0.05) is 30.1 Å². The molecule has 178 valence electrons. The molecule has 0 bridgehead atoms. The smallest absolute Gasteiger partial charge is 0.257 e. The minimum absolute atomic E-state index is 0.00775. The summed E-state index contributed by atoms with van der Waals surface area (Å²) in [7, 11) is 6.05. The number of aromatic nitrogens is 2. The summed E-state index contributed by atoms with van der Waals surface area (Å²) in [4.78, 5) is 27.2. The van der Waals surface area contributed by atoms with Crippen LogP contribution in [0.2, 0.25) is 0 Å². The highest BCUT2D eigenvalue weighted by Crippen LogP contribution is 2.39. The second-order valence-corrected chi connectivity index (χ2v) is 8.43. The second-order valence-electron chi connectivity index (χ2n) is 7.42. The molecule has 0 saturated carbocycles. The first-order chi connectivity index (χ1) is 16.5. The summed E-state index contributed by atoms with van der Waals surface area (Å²) < 4.78 is 21.1. The fraction of sp³-hybridized carbons (Fsp3) is 0.304. The normalized spacial score (nSPS) is 15.2. The number of benzene rings is 2. The summed E-state index contributed by atoms with van der Waals surface area (Å²) >= 11 is 1.25. The van der Waals surface area contributed by atoms with Crippen LogP contribution in [-0.2, 0) is 4.79 Å². The molecule has 1 aliphatic rings. The van der Waals surface area contributed by atoms with Gasteiger partial charge in [0.2, 0.25) is 16.8 Å². The molecule has 1 atom stereocenters. The van der Waals surface area contributed by atoms with Crippen LogP contribution in [0.3, 0.4) is 0 Å². The van der Waals surface area contributed by atoms with Gasteiger partial charge in [0.25, 0.3) is 5.91 Å². The van der Waals surface area contributed by atoms with Gasteiger partial charge in [-0.25, -0.2) is 0 Å². The van der Waals surface area contributed by atoms with E-state index in [2.05, 4.69) is 15.5 Å². The Morgan fingerprint density at radius 3 is 2.26 bits per heavy atom. The lowest BCUT2D eigenvalue weighted by atomic mass is 10.1. The summed E-state index contributed by atoms with van der Waals surface area (Å²) in [6, 6.07) is 10.4. The van der Waals surface area contributed by atoms with E-state index in [1.54, 1.807) is 24.1 Å². The third kappa shape index (κ3) is 4.60. The molecule has 0 radical (unpaired) electrons. The van der Waals surface area contributed by atoms with Crippen molar-refractivity contribution in [3.05, 3.63) is 47.0 Å². The average Bonchev–Trinajstić information content (AvgIpc) is 3.49. The molecule has 0 spiro atoms. The molecule has 2 heterocycles. The Hall–Kier alpha value is -3.86. The van der Waals surface area contributed by atoms with Gasteiger partial charge in [-0.3, -0.25) is 14.9 Å². The van der Waals surface area contributed by atoms with Crippen LogP contribution in [0.4, 0.5) is 10.8 Å². The first-order valence-electron chi connectivity index (χ1n) is 10.4. The monoisotopic (exact) mass is 484 g/mol.